The third-order valence-corrected chi connectivity index (χ3v) is 2.92. The summed E-state index contributed by atoms with van der Waals surface area (Å²) in [6, 6.07) is 2.80. The summed E-state index contributed by atoms with van der Waals surface area (Å²) in [7, 11) is 1.51. The Bertz CT molecular complexity index is 505. The lowest BCUT2D eigenvalue weighted by Crippen LogP contribution is -2.36. The van der Waals surface area contributed by atoms with Crippen LogP contribution in [0.4, 0.5) is 11.4 Å². The molecule has 0 saturated carbocycles. The number of carbonyl (C=O) groups excluding carboxylic acids is 1. The number of halogens is 1. The van der Waals surface area contributed by atoms with Crippen molar-refractivity contribution in [2.24, 2.45) is 0 Å². The van der Waals surface area contributed by atoms with Gasteiger partial charge in [-0.1, -0.05) is 11.6 Å². The molecule has 0 aliphatic heterocycles. The van der Waals surface area contributed by atoms with E-state index in [1.165, 1.54) is 19.2 Å². The van der Waals surface area contributed by atoms with E-state index in [1.54, 1.807) is 11.8 Å². The highest BCUT2D eigenvalue weighted by Crippen LogP contribution is 2.32. The SMILES string of the molecule is CCN(CC(=O)NC)c1c(Cl)cc(N)cc1C(=O)O. The zero-order valence-corrected chi connectivity index (χ0v) is 11.5. The Kier molecular flexibility index (Phi) is 5.00. The van der Waals surface area contributed by atoms with Crippen molar-refractivity contribution in [2.45, 2.75) is 6.92 Å². The van der Waals surface area contributed by atoms with Crippen LogP contribution in [0.2, 0.25) is 5.02 Å². The molecule has 1 aromatic carbocycles. The van der Waals surface area contributed by atoms with E-state index in [4.69, 9.17) is 17.3 Å². The van der Waals surface area contributed by atoms with Crippen molar-refractivity contribution in [2.75, 3.05) is 30.8 Å². The summed E-state index contributed by atoms with van der Waals surface area (Å²) in [6.07, 6.45) is 0. The van der Waals surface area contributed by atoms with Crippen molar-refractivity contribution in [3.05, 3.63) is 22.7 Å². The van der Waals surface area contributed by atoms with Crippen molar-refractivity contribution >= 4 is 34.9 Å². The summed E-state index contributed by atoms with van der Waals surface area (Å²) < 4.78 is 0. The van der Waals surface area contributed by atoms with Gasteiger partial charge in [-0.3, -0.25) is 4.79 Å². The van der Waals surface area contributed by atoms with Crippen molar-refractivity contribution in [1.82, 2.24) is 5.32 Å². The summed E-state index contributed by atoms with van der Waals surface area (Å²) in [5.74, 6) is -1.37. The maximum Gasteiger partial charge on any atom is 0.337 e. The van der Waals surface area contributed by atoms with Gasteiger partial charge < -0.3 is 21.1 Å². The van der Waals surface area contributed by atoms with Crippen LogP contribution in [-0.2, 0) is 4.79 Å². The summed E-state index contributed by atoms with van der Waals surface area (Å²) in [4.78, 5) is 24.3. The highest BCUT2D eigenvalue weighted by atomic mass is 35.5. The third-order valence-electron chi connectivity index (χ3n) is 2.63. The minimum Gasteiger partial charge on any atom is -0.478 e. The first kappa shape index (κ1) is 15.1. The number of nitrogen functional groups attached to an aromatic ring is 1. The van der Waals surface area contributed by atoms with Crippen LogP contribution >= 0.6 is 11.6 Å². The number of benzene rings is 1. The summed E-state index contributed by atoms with van der Waals surface area (Å²) in [5, 5.41) is 11.9. The van der Waals surface area contributed by atoms with Gasteiger partial charge in [0.1, 0.15) is 0 Å². The van der Waals surface area contributed by atoms with Gasteiger partial charge in [0, 0.05) is 19.3 Å². The first-order valence-corrected chi connectivity index (χ1v) is 6.06. The monoisotopic (exact) mass is 285 g/mol. The fraction of sp³-hybridized carbons (Fsp3) is 0.333. The molecule has 0 fully saturated rings. The summed E-state index contributed by atoms with van der Waals surface area (Å²) in [6.45, 7) is 2.27. The number of nitrogens with zero attached hydrogens (tertiary/aromatic N) is 1. The highest BCUT2D eigenvalue weighted by Gasteiger charge is 2.21. The van der Waals surface area contributed by atoms with Crippen molar-refractivity contribution in [3.8, 4) is 0 Å². The minimum absolute atomic E-state index is 0.0178. The first-order valence-electron chi connectivity index (χ1n) is 5.68. The number of hydrogen-bond donors (Lipinski definition) is 3. The zero-order chi connectivity index (χ0) is 14.6. The molecule has 1 rings (SSSR count). The lowest BCUT2D eigenvalue weighted by atomic mass is 10.1. The molecule has 4 N–H and O–H groups in total. The second kappa shape index (κ2) is 6.29. The van der Waals surface area contributed by atoms with Crippen LogP contribution in [0.1, 0.15) is 17.3 Å². The molecular formula is C12H16ClN3O3. The molecule has 7 heteroatoms. The van der Waals surface area contributed by atoms with Gasteiger partial charge in [-0.2, -0.15) is 0 Å². The second-order valence-corrected chi connectivity index (χ2v) is 4.30. The largest absolute Gasteiger partial charge is 0.478 e. The van der Waals surface area contributed by atoms with Crippen LogP contribution < -0.4 is 16.0 Å². The Hall–Kier alpha value is -1.95. The molecular weight excluding hydrogens is 270 g/mol. The van der Waals surface area contributed by atoms with Crippen molar-refractivity contribution in [1.29, 1.82) is 0 Å². The maximum absolute atomic E-state index is 11.4. The molecule has 19 heavy (non-hydrogen) atoms. The van der Waals surface area contributed by atoms with E-state index in [2.05, 4.69) is 5.32 Å². The number of carbonyl (C=O) groups is 2. The molecule has 1 amide bonds. The molecule has 0 aromatic heterocycles. The standard InChI is InChI=1S/C12H16ClN3O3/c1-3-16(6-10(17)15-2)11-8(12(18)19)4-7(14)5-9(11)13/h4-5H,3,6,14H2,1-2H3,(H,15,17)(H,18,19). The molecule has 0 bridgehead atoms. The number of likely N-dealkylation sites (N-methyl/N-ethyl adjacent to an activating group) is 2. The van der Waals surface area contributed by atoms with Gasteiger partial charge in [-0.25, -0.2) is 4.79 Å². The molecule has 1 aromatic rings. The fourth-order valence-corrected chi connectivity index (χ4v) is 2.05. The molecule has 104 valence electrons. The molecule has 0 aliphatic carbocycles. The van der Waals surface area contributed by atoms with Gasteiger partial charge in [-0.15, -0.1) is 0 Å². The molecule has 0 unspecified atom stereocenters. The first-order chi connectivity index (χ1) is 8.90. The van der Waals surface area contributed by atoms with Gasteiger partial charge >= 0.3 is 5.97 Å². The number of anilines is 2. The number of rotatable bonds is 5. The van der Waals surface area contributed by atoms with E-state index in [-0.39, 0.29) is 28.7 Å². The van der Waals surface area contributed by atoms with Crippen LogP contribution in [0.25, 0.3) is 0 Å². The van der Waals surface area contributed by atoms with Crippen molar-refractivity contribution in [3.63, 3.8) is 0 Å². The predicted molar refractivity (Wildman–Crippen MR) is 74.8 cm³/mol. The van der Waals surface area contributed by atoms with Crippen molar-refractivity contribution < 1.29 is 14.7 Å². The average Bonchev–Trinajstić information content (AvgIpc) is 2.35. The fourth-order valence-electron chi connectivity index (χ4n) is 1.71. The lowest BCUT2D eigenvalue weighted by molar-refractivity contribution is -0.119. The number of carboxylic acids is 1. The normalized spacial score (nSPS) is 10.1. The van der Waals surface area contributed by atoms with Crippen LogP contribution in [-0.4, -0.2) is 37.1 Å². The van der Waals surface area contributed by atoms with Gasteiger partial charge in [0.25, 0.3) is 0 Å². The molecule has 0 aliphatic rings. The summed E-state index contributed by atoms with van der Waals surface area (Å²) in [5.41, 5.74) is 6.14. The van der Waals surface area contributed by atoms with Gasteiger partial charge in [0.05, 0.1) is 22.8 Å². The molecule has 6 nitrogen and oxygen atoms in total. The Morgan fingerprint density at radius 3 is 2.58 bits per heavy atom. The van der Waals surface area contributed by atoms with Gasteiger partial charge in [-0.05, 0) is 19.1 Å². The number of nitrogens with one attached hydrogen (secondary N) is 1. The lowest BCUT2D eigenvalue weighted by Gasteiger charge is -2.25. The Labute approximate surface area is 116 Å². The Morgan fingerprint density at radius 1 is 1.47 bits per heavy atom. The number of hydrogen-bond acceptors (Lipinski definition) is 4. The Balaban J connectivity index is 3.29. The summed E-state index contributed by atoms with van der Waals surface area (Å²) >= 11 is 6.06. The smallest absolute Gasteiger partial charge is 0.337 e. The number of carboxylic acid groups (broad SMARTS) is 1. The predicted octanol–water partition coefficient (Wildman–Crippen LogP) is 1.19. The van der Waals surface area contributed by atoms with Gasteiger partial charge in [0.15, 0.2) is 0 Å². The number of nitrogens with two attached hydrogens (primary N) is 1. The van der Waals surface area contributed by atoms with Crippen LogP contribution in [0, 0.1) is 0 Å². The topological polar surface area (TPSA) is 95.7 Å². The quantitative estimate of drug-likeness (QED) is 0.706. The average molecular weight is 286 g/mol. The molecule has 0 saturated heterocycles. The van der Waals surface area contributed by atoms with E-state index in [9.17, 15) is 14.7 Å². The van der Waals surface area contributed by atoms with Crippen LogP contribution in [0.15, 0.2) is 12.1 Å². The zero-order valence-electron chi connectivity index (χ0n) is 10.7. The molecule has 0 heterocycles. The third kappa shape index (κ3) is 3.51. The van der Waals surface area contributed by atoms with E-state index < -0.39 is 5.97 Å². The van der Waals surface area contributed by atoms with E-state index >= 15 is 0 Å². The Morgan fingerprint density at radius 2 is 2.11 bits per heavy atom. The highest BCUT2D eigenvalue weighted by molar-refractivity contribution is 6.34. The number of aromatic carboxylic acids is 1. The van der Waals surface area contributed by atoms with E-state index in [0.717, 1.165) is 0 Å². The van der Waals surface area contributed by atoms with E-state index in [1.807, 2.05) is 0 Å². The molecule has 0 atom stereocenters. The van der Waals surface area contributed by atoms with Crippen LogP contribution in [0.5, 0.6) is 0 Å². The van der Waals surface area contributed by atoms with E-state index in [0.29, 0.717) is 12.2 Å². The molecule has 0 spiro atoms. The molecule has 0 radical (unpaired) electrons. The van der Waals surface area contributed by atoms with Gasteiger partial charge in [0.2, 0.25) is 5.91 Å². The minimum atomic E-state index is -1.14. The maximum atomic E-state index is 11.4. The second-order valence-electron chi connectivity index (χ2n) is 3.89. The van der Waals surface area contributed by atoms with Crippen LogP contribution in [0.3, 0.4) is 0 Å². The number of amides is 1.